The Balaban J connectivity index is 1.83. The first kappa shape index (κ1) is 21.4. The third-order valence-electron chi connectivity index (χ3n) is 4.55. The molecular formula is C24H22ClNO4. The van der Waals surface area contributed by atoms with Crippen molar-refractivity contribution in [3.8, 4) is 16.9 Å². The summed E-state index contributed by atoms with van der Waals surface area (Å²) in [5, 5.41) is 14.0. The number of ether oxygens (including phenoxy) is 1. The van der Waals surface area contributed by atoms with Crippen LogP contribution < -0.4 is 4.74 Å². The van der Waals surface area contributed by atoms with Gasteiger partial charge in [0.15, 0.2) is 0 Å². The molecule has 0 atom stereocenters. The molecule has 0 bridgehead atoms. The van der Waals surface area contributed by atoms with Crippen LogP contribution in [0.4, 0.5) is 0 Å². The fourth-order valence-corrected chi connectivity index (χ4v) is 3.17. The summed E-state index contributed by atoms with van der Waals surface area (Å²) < 4.78 is 5.48. The second kappa shape index (κ2) is 9.94. The monoisotopic (exact) mass is 423 g/mol. The van der Waals surface area contributed by atoms with Crippen LogP contribution in [-0.2, 0) is 22.7 Å². The highest BCUT2D eigenvalue weighted by atomic mass is 35.5. The van der Waals surface area contributed by atoms with E-state index in [1.807, 2.05) is 67.6 Å². The molecule has 6 heteroatoms. The van der Waals surface area contributed by atoms with Gasteiger partial charge in [0.2, 0.25) is 0 Å². The van der Waals surface area contributed by atoms with Crippen LogP contribution >= 0.6 is 11.6 Å². The Kier molecular flexibility index (Phi) is 7.09. The van der Waals surface area contributed by atoms with Crippen molar-refractivity contribution in [3.05, 3.63) is 88.4 Å². The van der Waals surface area contributed by atoms with Crippen molar-refractivity contribution < 1.29 is 19.5 Å². The molecule has 30 heavy (non-hydrogen) atoms. The highest BCUT2D eigenvalue weighted by Crippen LogP contribution is 2.28. The van der Waals surface area contributed by atoms with Crippen molar-refractivity contribution in [1.29, 1.82) is 0 Å². The lowest BCUT2D eigenvalue weighted by atomic mass is 9.98. The highest BCUT2D eigenvalue weighted by Gasteiger charge is 2.11. The first-order chi connectivity index (χ1) is 14.5. The summed E-state index contributed by atoms with van der Waals surface area (Å²) in [6.07, 6.45) is -0.0180. The van der Waals surface area contributed by atoms with Gasteiger partial charge in [-0.15, -0.1) is 0 Å². The van der Waals surface area contributed by atoms with E-state index in [0.717, 1.165) is 27.8 Å². The summed E-state index contributed by atoms with van der Waals surface area (Å²) >= 11 is 5.90. The van der Waals surface area contributed by atoms with Crippen molar-refractivity contribution >= 4 is 23.3 Å². The largest absolute Gasteiger partial charge is 0.496 e. The molecule has 0 heterocycles. The predicted molar refractivity (Wildman–Crippen MR) is 118 cm³/mol. The van der Waals surface area contributed by atoms with E-state index in [1.54, 1.807) is 13.2 Å². The smallest absolute Gasteiger partial charge is 0.307 e. The summed E-state index contributed by atoms with van der Waals surface area (Å²) in [7, 11) is 1.60. The first-order valence-corrected chi connectivity index (χ1v) is 9.74. The molecule has 0 aliphatic carbocycles. The van der Waals surface area contributed by atoms with E-state index >= 15 is 0 Å². The summed E-state index contributed by atoms with van der Waals surface area (Å²) in [6, 6.07) is 20.6. The van der Waals surface area contributed by atoms with Crippen LogP contribution in [0.2, 0.25) is 5.02 Å². The van der Waals surface area contributed by atoms with Crippen LogP contribution in [0.15, 0.2) is 71.9 Å². The molecule has 0 saturated heterocycles. The average molecular weight is 424 g/mol. The molecule has 0 unspecified atom stereocenters. The minimum absolute atomic E-state index is 0.0180. The number of nitrogens with zero attached hydrogens (tertiary/aromatic N) is 1. The zero-order chi connectivity index (χ0) is 21.5. The number of halogens is 1. The Labute approximate surface area is 180 Å². The van der Waals surface area contributed by atoms with Gasteiger partial charge in [-0.3, -0.25) is 4.79 Å². The number of benzene rings is 3. The molecule has 3 aromatic rings. The molecular weight excluding hydrogens is 402 g/mol. The molecule has 0 aliphatic heterocycles. The molecule has 3 rings (SSSR count). The third-order valence-corrected chi connectivity index (χ3v) is 4.80. The maximum absolute atomic E-state index is 11.0. The second-order valence-corrected chi connectivity index (χ2v) is 7.20. The topological polar surface area (TPSA) is 68.1 Å². The summed E-state index contributed by atoms with van der Waals surface area (Å²) in [5.41, 5.74) is 5.04. The molecule has 0 fully saturated rings. The number of carbonyl (C=O) groups is 1. The number of carboxylic acid groups (broad SMARTS) is 1. The molecule has 0 saturated carbocycles. The number of methoxy groups -OCH3 is 1. The van der Waals surface area contributed by atoms with E-state index in [2.05, 4.69) is 5.16 Å². The molecule has 0 spiro atoms. The lowest BCUT2D eigenvalue weighted by Crippen LogP contribution is -2.02. The zero-order valence-corrected chi connectivity index (χ0v) is 17.5. The minimum atomic E-state index is -0.858. The number of carboxylic acids is 1. The maximum Gasteiger partial charge on any atom is 0.307 e. The molecule has 0 radical (unpaired) electrons. The first-order valence-electron chi connectivity index (χ1n) is 9.37. The number of aliphatic carboxylic acids is 1. The third kappa shape index (κ3) is 5.61. The van der Waals surface area contributed by atoms with Gasteiger partial charge in [0.05, 0.1) is 19.2 Å². The van der Waals surface area contributed by atoms with E-state index in [0.29, 0.717) is 23.1 Å². The Hall–Kier alpha value is -3.31. The summed E-state index contributed by atoms with van der Waals surface area (Å²) in [5.74, 6) is -0.180. The van der Waals surface area contributed by atoms with Gasteiger partial charge in [-0.25, -0.2) is 0 Å². The maximum atomic E-state index is 11.0. The van der Waals surface area contributed by atoms with Crippen LogP contribution in [0, 0.1) is 0 Å². The van der Waals surface area contributed by atoms with Gasteiger partial charge in [-0.1, -0.05) is 59.2 Å². The van der Waals surface area contributed by atoms with Gasteiger partial charge >= 0.3 is 5.97 Å². The molecule has 5 nitrogen and oxygen atoms in total. The predicted octanol–water partition coefficient (Wildman–Crippen LogP) is 5.58. The number of hydrogen-bond donors (Lipinski definition) is 1. The van der Waals surface area contributed by atoms with Crippen molar-refractivity contribution in [2.45, 2.75) is 20.0 Å². The fraction of sp³-hybridized carbons (Fsp3) is 0.167. The van der Waals surface area contributed by atoms with Gasteiger partial charge in [0.1, 0.15) is 12.4 Å². The standard InChI is InChI=1S/C24H22ClNO4/c1-16(26-30-15-17-6-9-21(25)10-7-17)22-14-20(8-11-23(22)29-2)19-5-3-4-18(12-19)13-24(27)28/h3-12,14H,13,15H2,1-2H3,(H,27,28). The van der Waals surface area contributed by atoms with Crippen molar-refractivity contribution in [3.63, 3.8) is 0 Å². The van der Waals surface area contributed by atoms with E-state index in [9.17, 15) is 4.79 Å². The summed E-state index contributed by atoms with van der Waals surface area (Å²) in [4.78, 5) is 16.5. The van der Waals surface area contributed by atoms with Gasteiger partial charge in [-0.05, 0) is 53.4 Å². The van der Waals surface area contributed by atoms with Gasteiger partial charge in [0.25, 0.3) is 0 Å². The van der Waals surface area contributed by atoms with Crippen LogP contribution in [0.3, 0.4) is 0 Å². The molecule has 3 aromatic carbocycles. The Morgan fingerprint density at radius 1 is 1.00 bits per heavy atom. The molecule has 0 aliphatic rings. The van der Waals surface area contributed by atoms with Gasteiger partial charge < -0.3 is 14.7 Å². The zero-order valence-electron chi connectivity index (χ0n) is 16.8. The van der Waals surface area contributed by atoms with Crippen LogP contribution in [0.1, 0.15) is 23.6 Å². The number of rotatable bonds is 8. The van der Waals surface area contributed by atoms with Gasteiger partial charge in [0, 0.05) is 10.6 Å². The fourth-order valence-electron chi connectivity index (χ4n) is 3.04. The van der Waals surface area contributed by atoms with Crippen molar-refractivity contribution in [1.82, 2.24) is 0 Å². The van der Waals surface area contributed by atoms with E-state index in [4.69, 9.17) is 26.3 Å². The van der Waals surface area contributed by atoms with E-state index in [1.165, 1.54) is 0 Å². The SMILES string of the molecule is COc1ccc(-c2cccc(CC(=O)O)c2)cc1C(C)=NOCc1ccc(Cl)cc1. The number of hydrogen-bond acceptors (Lipinski definition) is 4. The van der Waals surface area contributed by atoms with Crippen molar-refractivity contribution in [2.75, 3.05) is 7.11 Å². The second-order valence-electron chi connectivity index (χ2n) is 6.76. The average Bonchev–Trinajstić information content (AvgIpc) is 2.74. The van der Waals surface area contributed by atoms with E-state index in [-0.39, 0.29) is 6.42 Å². The lowest BCUT2D eigenvalue weighted by Gasteiger charge is -2.12. The summed E-state index contributed by atoms with van der Waals surface area (Å²) in [6.45, 7) is 2.18. The number of oxime groups is 1. The van der Waals surface area contributed by atoms with E-state index < -0.39 is 5.97 Å². The van der Waals surface area contributed by atoms with Crippen molar-refractivity contribution in [2.24, 2.45) is 5.16 Å². The Morgan fingerprint density at radius 2 is 1.73 bits per heavy atom. The van der Waals surface area contributed by atoms with Crippen LogP contribution in [0.5, 0.6) is 5.75 Å². The van der Waals surface area contributed by atoms with Gasteiger partial charge in [-0.2, -0.15) is 0 Å². The van der Waals surface area contributed by atoms with Crippen LogP contribution in [-0.4, -0.2) is 23.9 Å². The molecule has 0 amide bonds. The van der Waals surface area contributed by atoms with Crippen LogP contribution in [0.25, 0.3) is 11.1 Å². The Morgan fingerprint density at radius 3 is 2.43 bits per heavy atom. The molecule has 154 valence electrons. The highest BCUT2D eigenvalue weighted by molar-refractivity contribution is 6.30. The molecule has 1 N–H and O–H groups in total. The lowest BCUT2D eigenvalue weighted by molar-refractivity contribution is -0.136. The quantitative estimate of drug-likeness (QED) is 0.379. The normalized spacial score (nSPS) is 11.2. The minimum Gasteiger partial charge on any atom is -0.496 e. The Bertz CT molecular complexity index is 1060. The molecule has 0 aromatic heterocycles.